The van der Waals surface area contributed by atoms with E-state index >= 15 is 0 Å². The van der Waals surface area contributed by atoms with E-state index in [9.17, 15) is 13.2 Å². The normalized spacial score (nSPS) is 14.3. The summed E-state index contributed by atoms with van der Waals surface area (Å²) in [7, 11) is 1.76. The summed E-state index contributed by atoms with van der Waals surface area (Å²) in [4.78, 5) is 11.0. The lowest BCUT2D eigenvalue weighted by Crippen LogP contribution is -2.31. The Hall–Kier alpha value is -2.51. The Morgan fingerprint density at radius 1 is 1.15 bits per heavy atom. The molecule has 0 spiro atoms. The van der Waals surface area contributed by atoms with E-state index < -0.39 is 6.36 Å². The smallest absolute Gasteiger partial charge is 0.406 e. The highest BCUT2D eigenvalue weighted by molar-refractivity contribution is 5.49. The summed E-state index contributed by atoms with van der Waals surface area (Å²) in [5, 5.41) is 2.96. The average Bonchev–Trinajstić information content (AvgIpc) is 2.59. The van der Waals surface area contributed by atoms with Crippen LogP contribution < -0.4 is 15.0 Å². The standard InChI is InChI=1S/C18H21F3N4O/c1-11(2)15-9-16(24-17(22-3)23-15)25-7-6-12-4-5-14(8-13(12)10-25)26-18(19,20)21/h4-5,8-9,11H,6-7,10H2,1-3H3,(H,22,23,24). The minimum absolute atomic E-state index is 0.195. The topological polar surface area (TPSA) is 50.3 Å². The second-order valence-corrected chi connectivity index (χ2v) is 6.53. The van der Waals surface area contributed by atoms with Crippen molar-refractivity contribution in [3.05, 3.63) is 41.1 Å². The number of fused-ring (bicyclic) bond motifs is 1. The molecule has 1 aromatic carbocycles. The molecule has 0 saturated carbocycles. The largest absolute Gasteiger partial charge is 0.573 e. The molecule has 0 saturated heterocycles. The number of nitrogens with one attached hydrogen (secondary N) is 1. The molecule has 0 amide bonds. The lowest BCUT2D eigenvalue weighted by Gasteiger charge is -2.30. The van der Waals surface area contributed by atoms with Crippen LogP contribution in [0.1, 0.15) is 36.6 Å². The van der Waals surface area contributed by atoms with Crippen molar-refractivity contribution in [1.82, 2.24) is 9.97 Å². The molecule has 0 bridgehead atoms. The Morgan fingerprint density at radius 2 is 1.92 bits per heavy atom. The number of hydrogen-bond acceptors (Lipinski definition) is 5. The summed E-state index contributed by atoms with van der Waals surface area (Å²) in [6.45, 7) is 5.32. The Morgan fingerprint density at radius 3 is 2.58 bits per heavy atom. The lowest BCUT2D eigenvalue weighted by molar-refractivity contribution is -0.274. The molecule has 140 valence electrons. The molecule has 1 N–H and O–H groups in total. The van der Waals surface area contributed by atoms with Crippen molar-refractivity contribution in [3.63, 3.8) is 0 Å². The number of nitrogens with zero attached hydrogens (tertiary/aromatic N) is 3. The van der Waals surface area contributed by atoms with Crippen molar-refractivity contribution in [1.29, 1.82) is 0 Å². The summed E-state index contributed by atoms with van der Waals surface area (Å²) in [5.41, 5.74) is 2.76. The fourth-order valence-corrected chi connectivity index (χ4v) is 2.95. The van der Waals surface area contributed by atoms with Gasteiger partial charge in [0, 0.05) is 26.2 Å². The summed E-state index contributed by atoms with van der Waals surface area (Å²) < 4.78 is 41.4. The number of anilines is 2. The zero-order chi connectivity index (χ0) is 18.9. The van der Waals surface area contributed by atoms with Crippen molar-refractivity contribution in [2.24, 2.45) is 0 Å². The Bertz CT molecular complexity index is 792. The van der Waals surface area contributed by atoms with Gasteiger partial charge in [-0.15, -0.1) is 13.2 Å². The molecule has 0 aliphatic carbocycles. The zero-order valence-corrected chi connectivity index (χ0v) is 14.9. The first-order valence-corrected chi connectivity index (χ1v) is 8.44. The summed E-state index contributed by atoms with van der Waals surface area (Å²) in [5.74, 6) is 1.35. The number of hydrogen-bond donors (Lipinski definition) is 1. The molecule has 2 aromatic rings. The maximum absolute atomic E-state index is 12.5. The van der Waals surface area contributed by atoms with Gasteiger partial charge in [-0.3, -0.25) is 0 Å². The van der Waals surface area contributed by atoms with Crippen LogP contribution in [0.3, 0.4) is 0 Å². The van der Waals surface area contributed by atoms with Crippen molar-refractivity contribution in [2.75, 3.05) is 23.8 Å². The molecule has 26 heavy (non-hydrogen) atoms. The van der Waals surface area contributed by atoms with Gasteiger partial charge in [0.25, 0.3) is 0 Å². The quantitative estimate of drug-likeness (QED) is 0.883. The third kappa shape index (κ3) is 4.17. The molecule has 0 fully saturated rings. The summed E-state index contributed by atoms with van der Waals surface area (Å²) in [6, 6.07) is 6.46. The van der Waals surface area contributed by atoms with Gasteiger partial charge in [-0.25, -0.2) is 4.98 Å². The van der Waals surface area contributed by atoms with Crippen LogP contribution in [0.15, 0.2) is 24.3 Å². The Labute approximate surface area is 150 Å². The number of benzene rings is 1. The van der Waals surface area contributed by atoms with E-state index in [0.29, 0.717) is 12.5 Å². The van der Waals surface area contributed by atoms with E-state index in [1.54, 1.807) is 13.1 Å². The molecule has 8 heteroatoms. The van der Waals surface area contributed by atoms with Crippen LogP contribution in [0.5, 0.6) is 5.75 Å². The second kappa shape index (κ2) is 7.01. The summed E-state index contributed by atoms with van der Waals surface area (Å²) in [6.07, 6.45) is -3.96. The molecule has 2 heterocycles. The Kier molecular flexibility index (Phi) is 4.93. The number of ether oxygens (including phenoxy) is 1. The van der Waals surface area contributed by atoms with E-state index in [1.165, 1.54) is 12.1 Å². The van der Waals surface area contributed by atoms with Gasteiger partial charge in [-0.05, 0) is 35.6 Å². The molecule has 1 aliphatic rings. The van der Waals surface area contributed by atoms with Gasteiger partial charge < -0.3 is 15.0 Å². The van der Waals surface area contributed by atoms with Crippen molar-refractivity contribution < 1.29 is 17.9 Å². The minimum Gasteiger partial charge on any atom is -0.406 e. The molecular formula is C18H21F3N4O. The fourth-order valence-electron chi connectivity index (χ4n) is 2.95. The minimum atomic E-state index is -4.69. The first kappa shape index (κ1) is 18.3. The van der Waals surface area contributed by atoms with E-state index in [4.69, 9.17) is 0 Å². The number of halogens is 3. The number of aromatic nitrogens is 2. The second-order valence-electron chi connectivity index (χ2n) is 6.53. The summed E-state index contributed by atoms with van der Waals surface area (Å²) >= 11 is 0. The molecule has 0 atom stereocenters. The monoisotopic (exact) mass is 366 g/mol. The maximum atomic E-state index is 12.5. The third-order valence-electron chi connectivity index (χ3n) is 4.30. The van der Waals surface area contributed by atoms with Gasteiger partial charge in [0.05, 0.1) is 5.69 Å². The van der Waals surface area contributed by atoms with Crippen LogP contribution in [0.2, 0.25) is 0 Å². The van der Waals surface area contributed by atoms with E-state index in [2.05, 4.69) is 33.9 Å². The van der Waals surface area contributed by atoms with Gasteiger partial charge in [0.15, 0.2) is 0 Å². The molecule has 3 rings (SSSR count). The molecule has 5 nitrogen and oxygen atoms in total. The zero-order valence-electron chi connectivity index (χ0n) is 14.9. The van der Waals surface area contributed by atoms with Gasteiger partial charge >= 0.3 is 6.36 Å². The van der Waals surface area contributed by atoms with Gasteiger partial charge in [-0.2, -0.15) is 4.98 Å². The van der Waals surface area contributed by atoms with E-state index in [0.717, 1.165) is 35.6 Å². The highest BCUT2D eigenvalue weighted by Crippen LogP contribution is 2.30. The van der Waals surface area contributed by atoms with Crippen molar-refractivity contribution in [3.8, 4) is 5.75 Å². The molecule has 1 aliphatic heterocycles. The van der Waals surface area contributed by atoms with Crippen LogP contribution in [0, 0.1) is 0 Å². The van der Waals surface area contributed by atoms with Crippen LogP contribution in [0.4, 0.5) is 24.9 Å². The van der Waals surface area contributed by atoms with Crippen LogP contribution in [-0.4, -0.2) is 29.9 Å². The predicted octanol–water partition coefficient (Wildman–Crippen LogP) is 4.10. The number of rotatable bonds is 4. The van der Waals surface area contributed by atoms with Crippen LogP contribution in [0.25, 0.3) is 0 Å². The van der Waals surface area contributed by atoms with Crippen LogP contribution in [-0.2, 0) is 13.0 Å². The predicted molar refractivity (Wildman–Crippen MR) is 93.5 cm³/mol. The highest BCUT2D eigenvalue weighted by atomic mass is 19.4. The average molecular weight is 366 g/mol. The first-order chi connectivity index (χ1) is 12.2. The van der Waals surface area contributed by atoms with E-state index in [-0.39, 0.29) is 11.7 Å². The Balaban J connectivity index is 1.88. The molecule has 0 radical (unpaired) electrons. The lowest BCUT2D eigenvalue weighted by atomic mass is 9.99. The van der Waals surface area contributed by atoms with Gasteiger partial charge in [-0.1, -0.05) is 19.9 Å². The van der Waals surface area contributed by atoms with Crippen molar-refractivity contribution >= 4 is 11.8 Å². The third-order valence-corrected chi connectivity index (χ3v) is 4.30. The number of alkyl halides is 3. The molecule has 1 aromatic heterocycles. The highest BCUT2D eigenvalue weighted by Gasteiger charge is 2.31. The first-order valence-electron chi connectivity index (χ1n) is 8.44. The van der Waals surface area contributed by atoms with Crippen molar-refractivity contribution in [2.45, 2.75) is 39.1 Å². The van der Waals surface area contributed by atoms with Gasteiger partial charge in [0.1, 0.15) is 11.6 Å². The molecule has 0 unspecified atom stereocenters. The van der Waals surface area contributed by atoms with Crippen LogP contribution >= 0.6 is 0 Å². The van der Waals surface area contributed by atoms with Gasteiger partial charge in [0.2, 0.25) is 5.95 Å². The molecular weight excluding hydrogens is 345 g/mol. The van der Waals surface area contributed by atoms with E-state index in [1.807, 2.05) is 11.0 Å². The maximum Gasteiger partial charge on any atom is 0.573 e. The SMILES string of the molecule is CNc1nc(C(C)C)cc(N2CCc3ccc(OC(F)(F)F)cc3C2)n1. The fraction of sp³-hybridized carbons (Fsp3) is 0.444.